The molecule has 1 amide bonds. The van der Waals surface area contributed by atoms with Gasteiger partial charge in [-0.25, -0.2) is 0 Å². The first-order valence-electron chi connectivity index (χ1n) is 9.31. The molecular formula is C22H22N2O3. The lowest BCUT2D eigenvalue weighted by Gasteiger charge is -2.27. The Kier molecular flexibility index (Phi) is 4.77. The van der Waals surface area contributed by atoms with Crippen molar-refractivity contribution in [3.63, 3.8) is 0 Å². The number of amides is 1. The van der Waals surface area contributed by atoms with Crippen molar-refractivity contribution >= 4 is 35.4 Å². The first-order valence-corrected chi connectivity index (χ1v) is 9.31. The van der Waals surface area contributed by atoms with Gasteiger partial charge in [-0.3, -0.25) is 19.4 Å². The number of aliphatic carboxylic acids is 1. The van der Waals surface area contributed by atoms with Crippen LogP contribution in [0.3, 0.4) is 0 Å². The van der Waals surface area contributed by atoms with Crippen molar-refractivity contribution in [2.24, 2.45) is 0 Å². The van der Waals surface area contributed by atoms with Crippen molar-refractivity contribution in [2.45, 2.75) is 25.3 Å². The number of nitrogens with zero attached hydrogens (tertiary/aromatic N) is 2. The molecule has 0 saturated carbocycles. The summed E-state index contributed by atoms with van der Waals surface area (Å²) in [6, 6.07) is 15.2. The number of benzene rings is 2. The molecule has 0 radical (unpaired) electrons. The van der Waals surface area contributed by atoms with Crippen molar-refractivity contribution in [1.82, 2.24) is 4.90 Å². The summed E-state index contributed by atoms with van der Waals surface area (Å²) in [4.78, 5) is 28.3. The van der Waals surface area contributed by atoms with Crippen molar-refractivity contribution in [3.05, 3.63) is 59.7 Å². The Hall–Kier alpha value is -2.92. The van der Waals surface area contributed by atoms with Crippen molar-refractivity contribution in [3.8, 4) is 0 Å². The van der Waals surface area contributed by atoms with Gasteiger partial charge in [0, 0.05) is 13.0 Å². The van der Waals surface area contributed by atoms with Crippen LogP contribution in [-0.2, 0) is 9.59 Å². The first kappa shape index (κ1) is 17.5. The minimum Gasteiger partial charge on any atom is -0.480 e. The molecule has 0 aliphatic carbocycles. The molecule has 1 atom stereocenters. The summed E-state index contributed by atoms with van der Waals surface area (Å²) in [7, 11) is 0. The average molecular weight is 362 g/mol. The summed E-state index contributed by atoms with van der Waals surface area (Å²) >= 11 is 0. The molecule has 0 spiro atoms. The van der Waals surface area contributed by atoms with Crippen LogP contribution in [0.5, 0.6) is 0 Å². The van der Waals surface area contributed by atoms with E-state index in [2.05, 4.69) is 0 Å². The van der Waals surface area contributed by atoms with E-state index in [0.29, 0.717) is 13.0 Å². The van der Waals surface area contributed by atoms with Gasteiger partial charge in [0.2, 0.25) is 5.91 Å². The Balaban J connectivity index is 1.61. The van der Waals surface area contributed by atoms with Crippen LogP contribution in [0.25, 0.3) is 12.2 Å². The van der Waals surface area contributed by atoms with E-state index < -0.39 is 12.0 Å². The highest BCUT2D eigenvalue weighted by atomic mass is 16.4. The minimum absolute atomic E-state index is 0.0189. The lowest BCUT2D eigenvalue weighted by Crippen LogP contribution is -2.38. The third-order valence-electron chi connectivity index (χ3n) is 5.31. The van der Waals surface area contributed by atoms with E-state index in [9.17, 15) is 14.7 Å². The van der Waals surface area contributed by atoms with E-state index >= 15 is 0 Å². The smallest absolute Gasteiger partial charge is 0.320 e. The zero-order valence-electron chi connectivity index (χ0n) is 15.0. The molecule has 2 heterocycles. The van der Waals surface area contributed by atoms with E-state index in [1.54, 1.807) is 4.90 Å². The largest absolute Gasteiger partial charge is 0.480 e. The Labute approximate surface area is 158 Å². The van der Waals surface area contributed by atoms with Crippen molar-refractivity contribution < 1.29 is 14.7 Å². The van der Waals surface area contributed by atoms with Crippen LogP contribution in [-0.4, -0.2) is 41.0 Å². The number of rotatable bonds is 4. The quantitative estimate of drug-likeness (QED) is 0.899. The van der Waals surface area contributed by atoms with Gasteiger partial charge < -0.3 is 5.11 Å². The number of para-hydroxylation sites is 2. The summed E-state index contributed by atoms with van der Waals surface area (Å²) in [6.45, 7) is 1.20. The average Bonchev–Trinajstić information content (AvgIpc) is 3.09. The van der Waals surface area contributed by atoms with Crippen LogP contribution in [0.4, 0.5) is 11.4 Å². The fraction of sp³-hybridized carbons (Fsp3) is 0.273. The molecule has 1 fully saturated rings. The molecule has 1 saturated heterocycles. The number of hydrogen-bond donors (Lipinski definition) is 1. The van der Waals surface area contributed by atoms with Crippen LogP contribution in [0.2, 0.25) is 0 Å². The van der Waals surface area contributed by atoms with E-state index in [-0.39, 0.29) is 12.3 Å². The molecular weight excluding hydrogens is 340 g/mol. The molecule has 2 aliphatic heterocycles. The minimum atomic E-state index is -0.797. The van der Waals surface area contributed by atoms with Crippen LogP contribution >= 0.6 is 0 Å². The SMILES string of the molecule is O=C(O)[C@@H]1CCCN1CCC(=O)N1c2ccccc2C=Cc2ccccc21. The lowest BCUT2D eigenvalue weighted by atomic mass is 10.1. The molecule has 2 aliphatic rings. The summed E-state index contributed by atoms with van der Waals surface area (Å²) < 4.78 is 0. The number of carboxylic acids is 1. The fourth-order valence-electron chi connectivity index (χ4n) is 3.97. The third kappa shape index (κ3) is 3.38. The van der Waals surface area contributed by atoms with Gasteiger partial charge in [-0.15, -0.1) is 0 Å². The van der Waals surface area contributed by atoms with Gasteiger partial charge in [0.15, 0.2) is 0 Å². The van der Waals surface area contributed by atoms with Gasteiger partial charge >= 0.3 is 5.97 Å². The Morgan fingerprint density at radius 1 is 0.963 bits per heavy atom. The second kappa shape index (κ2) is 7.37. The molecule has 5 nitrogen and oxygen atoms in total. The molecule has 0 aromatic heterocycles. The normalized spacial score (nSPS) is 18.7. The summed E-state index contributed by atoms with van der Waals surface area (Å²) in [6.07, 6.45) is 5.87. The van der Waals surface area contributed by atoms with Crippen LogP contribution < -0.4 is 4.90 Å². The molecule has 0 unspecified atom stereocenters. The molecule has 2 aromatic rings. The molecule has 138 valence electrons. The molecule has 5 heteroatoms. The molecule has 4 rings (SSSR count). The molecule has 1 N–H and O–H groups in total. The van der Waals surface area contributed by atoms with Crippen LogP contribution in [0, 0.1) is 0 Å². The van der Waals surface area contributed by atoms with E-state index in [1.807, 2.05) is 65.6 Å². The number of carbonyl (C=O) groups excluding carboxylic acids is 1. The van der Waals surface area contributed by atoms with Crippen LogP contribution in [0.15, 0.2) is 48.5 Å². The Morgan fingerprint density at radius 3 is 2.15 bits per heavy atom. The van der Waals surface area contributed by atoms with E-state index in [4.69, 9.17) is 0 Å². The highest BCUT2D eigenvalue weighted by Gasteiger charge is 2.31. The fourth-order valence-corrected chi connectivity index (χ4v) is 3.97. The molecule has 0 bridgehead atoms. The standard InChI is InChI=1S/C22H22N2O3/c25-21(13-15-23-14-5-10-20(23)22(26)27)24-18-8-3-1-6-16(18)11-12-17-7-2-4-9-19(17)24/h1-4,6-9,11-12,20H,5,10,13-15H2,(H,26,27)/t20-/m0/s1. The van der Waals surface area contributed by atoms with Gasteiger partial charge in [-0.2, -0.15) is 0 Å². The highest BCUT2D eigenvalue weighted by molar-refractivity contribution is 6.06. The van der Waals surface area contributed by atoms with Gasteiger partial charge in [0.25, 0.3) is 0 Å². The number of fused-ring (bicyclic) bond motifs is 2. The molecule has 2 aromatic carbocycles. The number of carbonyl (C=O) groups is 2. The van der Waals surface area contributed by atoms with Crippen LogP contribution in [0.1, 0.15) is 30.4 Å². The van der Waals surface area contributed by atoms with E-state index in [0.717, 1.165) is 35.5 Å². The van der Waals surface area contributed by atoms with Crippen molar-refractivity contribution in [2.75, 3.05) is 18.0 Å². The Bertz CT molecular complexity index is 856. The Morgan fingerprint density at radius 2 is 1.56 bits per heavy atom. The van der Waals surface area contributed by atoms with Crippen molar-refractivity contribution in [1.29, 1.82) is 0 Å². The second-order valence-corrected chi connectivity index (χ2v) is 6.96. The third-order valence-corrected chi connectivity index (χ3v) is 5.31. The number of carboxylic acid groups (broad SMARTS) is 1. The number of anilines is 2. The topological polar surface area (TPSA) is 60.9 Å². The molecule has 27 heavy (non-hydrogen) atoms. The van der Waals surface area contributed by atoms with E-state index in [1.165, 1.54) is 0 Å². The van der Waals surface area contributed by atoms with Gasteiger partial charge in [0.1, 0.15) is 6.04 Å². The monoisotopic (exact) mass is 362 g/mol. The zero-order valence-corrected chi connectivity index (χ0v) is 15.0. The maximum absolute atomic E-state index is 13.2. The maximum Gasteiger partial charge on any atom is 0.320 e. The summed E-state index contributed by atoms with van der Waals surface area (Å²) in [5.41, 5.74) is 3.71. The first-order chi connectivity index (χ1) is 13.1. The predicted octanol–water partition coefficient (Wildman–Crippen LogP) is 3.77. The lowest BCUT2D eigenvalue weighted by molar-refractivity contribution is -0.142. The summed E-state index contributed by atoms with van der Waals surface area (Å²) in [5.74, 6) is -0.816. The second-order valence-electron chi connectivity index (χ2n) is 6.96. The van der Waals surface area contributed by atoms with Gasteiger partial charge in [0.05, 0.1) is 11.4 Å². The number of likely N-dealkylation sites (tertiary alicyclic amines) is 1. The van der Waals surface area contributed by atoms with Gasteiger partial charge in [-0.05, 0) is 42.6 Å². The highest BCUT2D eigenvalue weighted by Crippen LogP contribution is 2.36. The number of hydrogen-bond acceptors (Lipinski definition) is 3. The predicted molar refractivity (Wildman–Crippen MR) is 106 cm³/mol. The zero-order chi connectivity index (χ0) is 18.8. The van der Waals surface area contributed by atoms with Gasteiger partial charge in [-0.1, -0.05) is 48.6 Å². The maximum atomic E-state index is 13.2. The summed E-state index contributed by atoms with van der Waals surface area (Å²) in [5, 5.41) is 9.35.